The van der Waals surface area contributed by atoms with E-state index in [4.69, 9.17) is 10.5 Å². The van der Waals surface area contributed by atoms with Crippen molar-refractivity contribution in [2.75, 3.05) is 12.4 Å². The van der Waals surface area contributed by atoms with Gasteiger partial charge in [-0.25, -0.2) is 4.79 Å². The summed E-state index contributed by atoms with van der Waals surface area (Å²) in [4.78, 5) is 22.9. The molecule has 19 heavy (non-hydrogen) atoms. The zero-order valence-corrected chi connectivity index (χ0v) is 11.3. The van der Waals surface area contributed by atoms with Crippen molar-refractivity contribution < 1.29 is 14.3 Å². The number of methoxy groups -OCH3 is 1. The third-order valence-corrected chi connectivity index (χ3v) is 2.72. The Morgan fingerprint density at radius 3 is 2.63 bits per heavy atom. The van der Waals surface area contributed by atoms with Crippen LogP contribution in [0.15, 0.2) is 18.2 Å². The summed E-state index contributed by atoms with van der Waals surface area (Å²) in [6, 6.07) is 4.31. The van der Waals surface area contributed by atoms with E-state index in [2.05, 4.69) is 10.6 Å². The molecule has 4 N–H and O–H groups in total. The molecule has 6 nitrogen and oxygen atoms in total. The minimum absolute atomic E-state index is 0.0605. The summed E-state index contributed by atoms with van der Waals surface area (Å²) >= 11 is 0. The fourth-order valence-electron chi connectivity index (χ4n) is 1.44. The number of ether oxygens (including phenoxy) is 1. The maximum atomic E-state index is 11.7. The van der Waals surface area contributed by atoms with Crippen LogP contribution in [0.25, 0.3) is 0 Å². The highest BCUT2D eigenvalue weighted by Crippen LogP contribution is 2.25. The summed E-state index contributed by atoms with van der Waals surface area (Å²) in [5.74, 6) is -0.0997. The number of nitrogens with one attached hydrogen (secondary N) is 2. The molecule has 0 aliphatic heterocycles. The summed E-state index contributed by atoms with van der Waals surface area (Å²) in [6.45, 7) is 3.87. The molecule has 0 saturated carbocycles. The van der Waals surface area contributed by atoms with E-state index in [-0.39, 0.29) is 12.1 Å². The molecule has 6 heteroatoms. The molecular weight excluding hydrogens is 246 g/mol. The van der Waals surface area contributed by atoms with Crippen LogP contribution in [0.1, 0.15) is 30.6 Å². The molecule has 0 spiro atoms. The van der Waals surface area contributed by atoms with Crippen molar-refractivity contribution in [1.82, 2.24) is 5.32 Å². The van der Waals surface area contributed by atoms with Crippen LogP contribution in [-0.2, 0) is 0 Å². The van der Waals surface area contributed by atoms with Crippen molar-refractivity contribution in [1.29, 1.82) is 0 Å². The van der Waals surface area contributed by atoms with E-state index in [1.54, 1.807) is 12.1 Å². The molecule has 0 radical (unpaired) electrons. The highest BCUT2D eigenvalue weighted by Gasteiger charge is 2.11. The fraction of sp³-hybridized carbons (Fsp3) is 0.385. The van der Waals surface area contributed by atoms with Gasteiger partial charge in [-0.2, -0.15) is 0 Å². The molecule has 0 aliphatic carbocycles. The number of carbonyl (C=O) groups excluding carboxylic acids is 2. The van der Waals surface area contributed by atoms with E-state index in [1.807, 2.05) is 13.8 Å². The van der Waals surface area contributed by atoms with Crippen LogP contribution in [0.5, 0.6) is 5.75 Å². The highest BCUT2D eigenvalue weighted by molar-refractivity contribution is 5.97. The topological polar surface area (TPSA) is 93.5 Å². The van der Waals surface area contributed by atoms with Crippen molar-refractivity contribution in [3.05, 3.63) is 23.8 Å². The monoisotopic (exact) mass is 265 g/mol. The molecule has 0 aromatic heterocycles. The molecule has 0 heterocycles. The van der Waals surface area contributed by atoms with E-state index in [0.717, 1.165) is 6.42 Å². The number of rotatable bonds is 5. The van der Waals surface area contributed by atoms with Gasteiger partial charge in [-0.05, 0) is 31.5 Å². The summed E-state index contributed by atoms with van der Waals surface area (Å²) in [6.07, 6.45) is 0.825. The number of carbonyl (C=O) groups is 2. The maximum Gasteiger partial charge on any atom is 0.319 e. The predicted octanol–water partition coefficient (Wildman–Crippen LogP) is 1.71. The van der Waals surface area contributed by atoms with Crippen molar-refractivity contribution in [2.45, 2.75) is 26.3 Å². The Kier molecular flexibility index (Phi) is 5.17. The van der Waals surface area contributed by atoms with Crippen molar-refractivity contribution in [3.63, 3.8) is 0 Å². The van der Waals surface area contributed by atoms with Crippen molar-refractivity contribution in [2.24, 2.45) is 5.73 Å². The summed E-state index contributed by atoms with van der Waals surface area (Å²) in [7, 11) is 1.48. The van der Waals surface area contributed by atoms with Crippen molar-refractivity contribution >= 4 is 17.6 Å². The Morgan fingerprint density at radius 1 is 1.42 bits per heavy atom. The van der Waals surface area contributed by atoms with Gasteiger partial charge in [-0.15, -0.1) is 0 Å². The van der Waals surface area contributed by atoms with Gasteiger partial charge in [0.15, 0.2) is 0 Å². The van der Waals surface area contributed by atoms with E-state index in [0.29, 0.717) is 17.0 Å². The van der Waals surface area contributed by atoms with Crippen LogP contribution < -0.4 is 21.1 Å². The highest BCUT2D eigenvalue weighted by atomic mass is 16.5. The summed E-state index contributed by atoms with van der Waals surface area (Å²) in [5, 5.41) is 5.40. The molecule has 0 bridgehead atoms. The smallest absolute Gasteiger partial charge is 0.319 e. The number of benzene rings is 1. The van der Waals surface area contributed by atoms with Gasteiger partial charge in [0.2, 0.25) is 5.91 Å². The Morgan fingerprint density at radius 2 is 2.11 bits per heavy atom. The first-order valence-corrected chi connectivity index (χ1v) is 6.03. The molecular formula is C13H19N3O3. The fourth-order valence-corrected chi connectivity index (χ4v) is 1.44. The van der Waals surface area contributed by atoms with Gasteiger partial charge in [0, 0.05) is 11.6 Å². The third-order valence-electron chi connectivity index (χ3n) is 2.72. The van der Waals surface area contributed by atoms with E-state index in [1.165, 1.54) is 13.2 Å². The third kappa shape index (κ3) is 4.17. The molecule has 1 atom stereocenters. The van der Waals surface area contributed by atoms with Crippen LogP contribution in [0.3, 0.4) is 0 Å². The van der Waals surface area contributed by atoms with Gasteiger partial charge in [0.1, 0.15) is 5.75 Å². The van der Waals surface area contributed by atoms with Gasteiger partial charge in [-0.1, -0.05) is 6.92 Å². The van der Waals surface area contributed by atoms with Crippen LogP contribution in [0.2, 0.25) is 0 Å². The zero-order chi connectivity index (χ0) is 14.4. The normalized spacial score (nSPS) is 11.5. The molecule has 0 aliphatic rings. The lowest BCUT2D eigenvalue weighted by Crippen LogP contribution is -2.35. The Bertz CT molecular complexity index is 474. The summed E-state index contributed by atoms with van der Waals surface area (Å²) in [5.41, 5.74) is 5.91. The molecule has 0 fully saturated rings. The SMILES string of the molecule is CCC(C)NC(=O)Nc1cc(C(N)=O)ccc1OC. The van der Waals surface area contributed by atoms with Crippen LogP contribution in [0, 0.1) is 0 Å². The second-order valence-electron chi connectivity index (χ2n) is 4.19. The maximum absolute atomic E-state index is 11.7. The minimum Gasteiger partial charge on any atom is -0.495 e. The molecule has 1 aromatic carbocycles. The van der Waals surface area contributed by atoms with Gasteiger partial charge >= 0.3 is 6.03 Å². The van der Waals surface area contributed by atoms with Crippen LogP contribution in [-0.4, -0.2) is 25.1 Å². The molecule has 1 rings (SSSR count). The average molecular weight is 265 g/mol. The van der Waals surface area contributed by atoms with Crippen LogP contribution >= 0.6 is 0 Å². The van der Waals surface area contributed by atoms with E-state index >= 15 is 0 Å². The summed E-state index contributed by atoms with van der Waals surface area (Å²) < 4.78 is 5.12. The second-order valence-corrected chi connectivity index (χ2v) is 4.19. The van der Waals surface area contributed by atoms with Gasteiger partial charge in [0.05, 0.1) is 12.8 Å². The lowest BCUT2D eigenvalue weighted by Gasteiger charge is -2.14. The molecule has 3 amide bonds. The second kappa shape index (κ2) is 6.63. The largest absolute Gasteiger partial charge is 0.495 e. The number of urea groups is 1. The number of hydrogen-bond donors (Lipinski definition) is 3. The van der Waals surface area contributed by atoms with Gasteiger partial charge in [0.25, 0.3) is 0 Å². The Hall–Kier alpha value is -2.24. The number of amides is 3. The number of hydrogen-bond acceptors (Lipinski definition) is 3. The quantitative estimate of drug-likeness (QED) is 0.756. The minimum atomic E-state index is -0.562. The van der Waals surface area contributed by atoms with Crippen molar-refractivity contribution in [3.8, 4) is 5.75 Å². The number of anilines is 1. The Labute approximate surface area is 112 Å². The Balaban J connectivity index is 2.88. The van der Waals surface area contributed by atoms with E-state index < -0.39 is 5.91 Å². The first-order chi connectivity index (χ1) is 8.97. The van der Waals surface area contributed by atoms with Gasteiger partial charge in [-0.3, -0.25) is 4.79 Å². The van der Waals surface area contributed by atoms with Crippen LogP contribution in [0.4, 0.5) is 10.5 Å². The standard InChI is InChI=1S/C13H19N3O3/c1-4-8(2)15-13(18)16-10-7-9(12(14)17)5-6-11(10)19-3/h5-8H,4H2,1-3H3,(H2,14,17)(H2,15,16,18). The first-order valence-electron chi connectivity index (χ1n) is 6.03. The average Bonchev–Trinajstić information content (AvgIpc) is 2.38. The lowest BCUT2D eigenvalue weighted by molar-refractivity contribution is 0.1000. The molecule has 1 unspecified atom stereocenters. The van der Waals surface area contributed by atoms with E-state index in [9.17, 15) is 9.59 Å². The first kappa shape index (κ1) is 14.8. The predicted molar refractivity (Wildman–Crippen MR) is 73.4 cm³/mol. The lowest BCUT2D eigenvalue weighted by atomic mass is 10.2. The number of primary amides is 1. The number of nitrogens with two attached hydrogens (primary N) is 1. The molecule has 1 aromatic rings. The molecule has 0 saturated heterocycles. The zero-order valence-electron chi connectivity index (χ0n) is 11.3. The molecule has 104 valence electrons. The van der Waals surface area contributed by atoms with Gasteiger partial charge < -0.3 is 21.1 Å².